The molecule has 2 aromatic carbocycles. The molecule has 0 fully saturated rings. The summed E-state index contributed by atoms with van der Waals surface area (Å²) in [6.07, 6.45) is 1.59. The Labute approximate surface area is 137 Å². The number of hydrogen-bond donors (Lipinski definition) is 2. The van der Waals surface area contributed by atoms with Crippen molar-refractivity contribution in [2.75, 3.05) is 0 Å². The summed E-state index contributed by atoms with van der Waals surface area (Å²) in [5, 5.41) is 24.3. The highest BCUT2D eigenvalue weighted by Crippen LogP contribution is 2.31. The maximum atomic E-state index is 9.55. The number of aliphatic hydroxyl groups is 1. The molecule has 0 aliphatic carbocycles. The lowest BCUT2D eigenvalue weighted by atomic mass is 10.1. The van der Waals surface area contributed by atoms with Crippen molar-refractivity contribution >= 4 is 23.2 Å². The Hall–Kier alpha value is -2.01. The lowest BCUT2D eigenvalue weighted by Crippen LogP contribution is -2.01. The Morgan fingerprint density at radius 3 is 2.41 bits per heavy atom. The molecule has 3 rings (SSSR count). The number of aliphatic hydroxyl groups excluding tert-OH is 1. The van der Waals surface area contributed by atoms with Gasteiger partial charge in [-0.25, -0.2) is 4.68 Å². The van der Waals surface area contributed by atoms with Crippen molar-refractivity contribution in [1.29, 1.82) is 0 Å². The Bertz CT molecular complexity index is 814. The first-order chi connectivity index (χ1) is 10.6. The van der Waals surface area contributed by atoms with E-state index in [2.05, 4.69) is 5.10 Å². The van der Waals surface area contributed by atoms with E-state index in [1.165, 1.54) is 0 Å². The van der Waals surface area contributed by atoms with Crippen LogP contribution in [0.1, 0.15) is 5.56 Å². The summed E-state index contributed by atoms with van der Waals surface area (Å²) in [7, 11) is 0. The van der Waals surface area contributed by atoms with Gasteiger partial charge in [0, 0.05) is 16.1 Å². The van der Waals surface area contributed by atoms with Gasteiger partial charge < -0.3 is 10.2 Å². The monoisotopic (exact) mass is 334 g/mol. The smallest absolute Gasteiger partial charge is 0.115 e. The van der Waals surface area contributed by atoms with Crippen molar-refractivity contribution in [2.24, 2.45) is 0 Å². The quantitative estimate of drug-likeness (QED) is 0.759. The highest BCUT2D eigenvalue weighted by atomic mass is 35.5. The van der Waals surface area contributed by atoms with Gasteiger partial charge in [-0.3, -0.25) is 0 Å². The maximum Gasteiger partial charge on any atom is 0.115 e. The molecule has 112 valence electrons. The zero-order chi connectivity index (χ0) is 15.7. The first-order valence-electron chi connectivity index (χ1n) is 6.52. The van der Waals surface area contributed by atoms with E-state index in [1.54, 1.807) is 53.3 Å². The van der Waals surface area contributed by atoms with Gasteiger partial charge >= 0.3 is 0 Å². The van der Waals surface area contributed by atoms with Crippen molar-refractivity contribution in [2.45, 2.75) is 6.61 Å². The Morgan fingerprint density at radius 1 is 1.05 bits per heavy atom. The summed E-state index contributed by atoms with van der Waals surface area (Å²) in [6, 6.07) is 11.8. The fourth-order valence-electron chi connectivity index (χ4n) is 2.26. The number of halogens is 2. The van der Waals surface area contributed by atoms with Gasteiger partial charge in [-0.05, 0) is 42.5 Å². The first kappa shape index (κ1) is 14.9. The number of phenols is 1. The summed E-state index contributed by atoms with van der Waals surface area (Å²) in [5.74, 6) is 0.171. The fourth-order valence-corrected chi connectivity index (χ4v) is 2.75. The van der Waals surface area contributed by atoms with Gasteiger partial charge in [0.15, 0.2) is 0 Å². The number of nitrogens with zero attached hydrogens (tertiary/aromatic N) is 2. The topological polar surface area (TPSA) is 58.3 Å². The standard InChI is InChI=1S/C16H12Cl2N2O2/c17-12-3-6-15(14(18)7-12)20-16(11(9-21)8-19-20)10-1-4-13(22)5-2-10/h1-8,21-22H,9H2. The molecule has 6 heteroatoms. The average Bonchev–Trinajstić information content (AvgIpc) is 2.92. The van der Waals surface area contributed by atoms with E-state index < -0.39 is 0 Å². The van der Waals surface area contributed by atoms with E-state index in [1.807, 2.05) is 0 Å². The predicted molar refractivity (Wildman–Crippen MR) is 86.6 cm³/mol. The number of phenolic OH excluding ortho intramolecular Hbond substituents is 1. The molecular weight excluding hydrogens is 323 g/mol. The van der Waals surface area contributed by atoms with E-state index >= 15 is 0 Å². The highest BCUT2D eigenvalue weighted by Gasteiger charge is 2.16. The molecule has 2 N–H and O–H groups in total. The zero-order valence-electron chi connectivity index (χ0n) is 11.4. The van der Waals surface area contributed by atoms with Crippen LogP contribution in [-0.2, 0) is 6.61 Å². The molecular formula is C16H12Cl2N2O2. The van der Waals surface area contributed by atoms with Crippen LogP contribution in [0.15, 0.2) is 48.7 Å². The molecule has 0 amide bonds. The lowest BCUT2D eigenvalue weighted by Gasteiger charge is -2.11. The molecule has 0 spiro atoms. The van der Waals surface area contributed by atoms with Gasteiger partial charge in [-0.2, -0.15) is 5.10 Å². The Kier molecular flexibility index (Phi) is 4.07. The zero-order valence-corrected chi connectivity index (χ0v) is 12.9. The van der Waals surface area contributed by atoms with E-state index in [4.69, 9.17) is 23.2 Å². The minimum atomic E-state index is -0.151. The minimum absolute atomic E-state index is 0.151. The first-order valence-corrected chi connectivity index (χ1v) is 7.28. The van der Waals surface area contributed by atoms with Crippen LogP contribution >= 0.6 is 23.2 Å². The van der Waals surface area contributed by atoms with Gasteiger partial charge in [0.05, 0.1) is 29.2 Å². The van der Waals surface area contributed by atoms with Crippen LogP contribution in [0.3, 0.4) is 0 Å². The SMILES string of the molecule is OCc1cnn(-c2ccc(Cl)cc2Cl)c1-c1ccc(O)cc1. The van der Waals surface area contributed by atoms with Crippen molar-refractivity contribution < 1.29 is 10.2 Å². The van der Waals surface area contributed by atoms with Crippen LogP contribution in [0.2, 0.25) is 10.0 Å². The lowest BCUT2D eigenvalue weighted by molar-refractivity contribution is 0.282. The van der Waals surface area contributed by atoms with Crippen molar-refractivity contribution in [3.63, 3.8) is 0 Å². The van der Waals surface area contributed by atoms with Gasteiger partial charge in [0.25, 0.3) is 0 Å². The molecule has 1 aromatic heterocycles. The van der Waals surface area contributed by atoms with Gasteiger partial charge in [0.2, 0.25) is 0 Å². The minimum Gasteiger partial charge on any atom is -0.508 e. The van der Waals surface area contributed by atoms with E-state index in [9.17, 15) is 10.2 Å². The third-order valence-electron chi connectivity index (χ3n) is 3.29. The molecule has 1 heterocycles. The normalized spacial score (nSPS) is 10.9. The second kappa shape index (κ2) is 6.01. The molecule has 3 aromatic rings. The number of aromatic nitrogens is 2. The third-order valence-corrected chi connectivity index (χ3v) is 3.83. The highest BCUT2D eigenvalue weighted by molar-refractivity contribution is 6.35. The number of aromatic hydroxyl groups is 1. The molecule has 0 bridgehead atoms. The van der Waals surface area contributed by atoms with Crippen LogP contribution in [0.5, 0.6) is 5.75 Å². The molecule has 0 saturated carbocycles. The van der Waals surface area contributed by atoms with Gasteiger partial charge in [0.1, 0.15) is 5.75 Å². The molecule has 0 aliphatic heterocycles. The second-order valence-corrected chi connectivity index (χ2v) is 5.57. The van der Waals surface area contributed by atoms with Crippen molar-refractivity contribution in [1.82, 2.24) is 9.78 Å². The fraction of sp³-hybridized carbons (Fsp3) is 0.0625. The van der Waals surface area contributed by atoms with Crippen molar-refractivity contribution in [3.8, 4) is 22.7 Å². The summed E-state index contributed by atoms with van der Waals surface area (Å²) in [4.78, 5) is 0. The summed E-state index contributed by atoms with van der Waals surface area (Å²) < 4.78 is 1.65. The number of rotatable bonds is 3. The average molecular weight is 335 g/mol. The molecule has 22 heavy (non-hydrogen) atoms. The van der Waals surface area contributed by atoms with E-state index in [-0.39, 0.29) is 12.4 Å². The van der Waals surface area contributed by atoms with E-state index in [0.717, 1.165) is 5.56 Å². The molecule has 0 radical (unpaired) electrons. The Morgan fingerprint density at radius 2 is 1.77 bits per heavy atom. The molecule has 0 aliphatic rings. The molecule has 0 atom stereocenters. The second-order valence-electron chi connectivity index (χ2n) is 4.73. The molecule has 0 saturated heterocycles. The summed E-state index contributed by atoms with van der Waals surface area (Å²) in [6.45, 7) is -0.151. The van der Waals surface area contributed by atoms with Crippen LogP contribution in [0, 0.1) is 0 Å². The number of hydrogen-bond acceptors (Lipinski definition) is 3. The summed E-state index contributed by atoms with van der Waals surface area (Å²) >= 11 is 12.2. The molecule has 0 unspecified atom stereocenters. The molecule has 4 nitrogen and oxygen atoms in total. The van der Waals surface area contributed by atoms with E-state index in [0.29, 0.717) is 27.0 Å². The van der Waals surface area contributed by atoms with Crippen LogP contribution < -0.4 is 0 Å². The predicted octanol–water partition coefficient (Wildman–Crippen LogP) is 4.04. The Balaban J connectivity index is 2.21. The third kappa shape index (κ3) is 2.68. The largest absolute Gasteiger partial charge is 0.508 e. The maximum absolute atomic E-state index is 9.55. The van der Waals surface area contributed by atoms with Gasteiger partial charge in [-0.15, -0.1) is 0 Å². The van der Waals surface area contributed by atoms with Crippen LogP contribution in [0.25, 0.3) is 16.9 Å². The van der Waals surface area contributed by atoms with Crippen LogP contribution in [-0.4, -0.2) is 20.0 Å². The van der Waals surface area contributed by atoms with Gasteiger partial charge in [-0.1, -0.05) is 23.2 Å². The summed E-state index contributed by atoms with van der Waals surface area (Å²) in [5.41, 5.74) is 2.85. The number of benzene rings is 2. The van der Waals surface area contributed by atoms with Crippen molar-refractivity contribution in [3.05, 3.63) is 64.3 Å². The van der Waals surface area contributed by atoms with Crippen LogP contribution in [0.4, 0.5) is 0 Å².